The van der Waals surface area contributed by atoms with Gasteiger partial charge >= 0.3 is 0 Å². The number of carbonyl (C=O) groups is 1. The number of ether oxygens (including phenoxy) is 1. The molecule has 2 aromatic carbocycles. The summed E-state index contributed by atoms with van der Waals surface area (Å²) < 4.78 is 5.23. The summed E-state index contributed by atoms with van der Waals surface area (Å²) in [6.45, 7) is 0. The highest BCUT2D eigenvalue weighted by atomic mass is 35.5. The van der Waals surface area contributed by atoms with Crippen molar-refractivity contribution in [2.24, 2.45) is 0 Å². The Morgan fingerprint density at radius 2 is 2.10 bits per heavy atom. The molecule has 0 atom stereocenters. The molecule has 0 radical (unpaired) electrons. The predicted molar refractivity (Wildman–Crippen MR) is 115 cm³/mol. The van der Waals surface area contributed by atoms with Crippen LogP contribution in [0.15, 0.2) is 47.9 Å². The first-order valence-electron chi connectivity index (χ1n) is 8.10. The number of benzene rings is 2. The molecule has 148 valence electrons. The van der Waals surface area contributed by atoms with Crippen molar-refractivity contribution >= 4 is 57.3 Å². The third-order valence-corrected chi connectivity index (χ3v) is 5.00. The monoisotopic (exact) mass is 449 g/mol. The van der Waals surface area contributed by atoms with Crippen LogP contribution in [0.1, 0.15) is 5.56 Å². The molecule has 0 saturated heterocycles. The molecule has 10 heteroatoms. The maximum Gasteiger partial charge on any atom is 0.270 e. The van der Waals surface area contributed by atoms with Crippen LogP contribution >= 0.6 is 34.5 Å². The number of nitro groups is 1. The van der Waals surface area contributed by atoms with Gasteiger partial charge in [-0.05, 0) is 18.2 Å². The van der Waals surface area contributed by atoms with Gasteiger partial charge in [-0.1, -0.05) is 35.3 Å². The van der Waals surface area contributed by atoms with Crippen molar-refractivity contribution in [2.75, 3.05) is 12.4 Å². The highest BCUT2D eigenvalue weighted by molar-refractivity contribution is 7.14. The number of halogens is 2. The van der Waals surface area contributed by atoms with Gasteiger partial charge in [-0.15, -0.1) is 11.3 Å². The number of carbonyl (C=O) groups excluding carboxylic acids is 1. The van der Waals surface area contributed by atoms with Gasteiger partial charge in [-0.2, -0.15) is 0 Å². The first kappa shape index (κ1) is 20.8. The van der Waals surface area contributed by atoms with E-state index in [1.54, 1.807) is 29.6 Å². The second-order valence-corrected chi connectivity index (χ2v) is 7.38. The van der Waals surface area contributed by atoms with Crippen molar-refractivity contribution in [2.45, 2.75) is 0 Å². The fourth-order valence-corrected chi connectivity index (χ4v) is 3.78. The van der Waals surface area contributed by atoms with E-state index in [2.05, 4.69) is 10.3 Å². The second-order valence-electron chi connectivity index (χ2n) is 5.68. The third kappa shape index (κ3) is 5.11. The molecule has 3 rings (SSSR count). The van der Waals surface area contributed by atoms with Gasteiger partial charge in [0.25, 0.3) is 5.69 Å². The SMILES string of the molecule is COc1c(Cl)cc(Cl)cc1/C=C/C(=O)Nc1nc(-c2cccc([N+](=O)[O-])c2)cs1. The number of hydrogen-bond acceptors (Lipinski definition) is 6. The van der Waals surface area contributed by atoms with Gasteiger partial charge < -0.3 is 4.74 Å². The van der Waals surface area contributed by atoms with Crippen LogP contribution in [-0.2, 0) is 4.79 Å². The van der Waals surface area contributed by atoms with E-state index in [0.29, 0.717) is 37.7 Å². The number of anilines is 1. The van der Waals surface area contributed by atoms with Gasteiger partial charge in [0, 0.05) is 39.7 Å². The number of nitrogens with zero attached hydrogens (tertiary/aromatic N) is 2. The van der Waals surface area contributed by atoms with Crippen LogP contribution in [-0.4, -0.2) is 22.9 Å². The molecule has 1 heterocycles. The van der Waals surface area contributed by atoms with E-state index in [1.165, 1.54) is 42.7 Å². The van der Waals surface area contributed by atoms with Crippen molar-refractivity contribution in [3.8, 4) is 17.0 Å². The van der Waals surface area contributed by atoms with Crippen LogP contribution in [0.4, 0.5) is 10.8 Å². The number of amides is 1. The van der Waals surface area contributed by atoms with Gasteiger partial charge in [-0.3, -0.25) is 20.2 Å². The number of aromatic nitrogens is 1. The zero-order valence-electron chi connectivity index (χ0n) is 14.9. The Labute approximate surface area is 179 Å². The van der Waals surface area contributed by atoms with Crippen LogP contribution < -0.4 is 10.1 Å². The van der Waals surface area contributed by atoms with Gasteiger partial charge in [0.15, 0.2) is 5.13 Å². The van der Waals surface area contributed by atoms with E-state index < -0.39 is 10.8 Å². The summed E-state index contributed by atoms with van der Waals surface area (Å²) in [6, 6.07) is 9.29. The highest BCUT2D eigenvalue weighted by Gasteiger charge is 2.11. The third-order valence-electron chi connectivity index (χ3n) is 3.74. The van der Waals surface area contributed by atoms with E-state index in [4.69, 9.17) is 27.9 Å². The summed E-state index contributed by atoms with van der Waals surface area (Å²) in [5.41, 5.74) is 1.64. The molecule has 0 saturated carbocycles. The number of methoxy groups -OCH3 is 1. The first-order chi connectivity index (χ1) is 13.9. The number of non-ortho nitro benzene ring substituents is 1. The topological polar surface area (TPSA) is 94.4 Å². The van der Waals surface area contributed by atoms with E-state index >= 15 is 0 Å². The van der Waals surface area contributed by atoms with Crippen molar-refractivity contribution in [1.82, 2.24) is 4.98 Å². The number of rotatable bonds is 6. The molecule has 0 fully saturated rings. The molecule has 0 aliphatic rings. The Bertz CT molecular complexity index is 1110. The van der Waals surface area contributed by atoms with Crippen molar-refractivity contribution in [3.05, 3.63) is 73.6 Å². The lowest BCUT2D eigenvalue weighted by molar-refractivity contribution is -0.384. The Morgan fingerprint density at radius 3 is 2.83 bits per heavy atom. The minimum absolute atomic E-state index is 0.0295. The fourth-order valence-electron chi connectivity index (χ4n) is 2.47. The summed E-state index contributed by atoms with van der Waals surface area (Å²) in [5.74, 6) is -0.00887. The maximum absolute atomic E-state index is 12.2. The van der Waals surface area contributed by atoms with Crippen LogP contribution in [0.25, 0.3) is 17.3 Å². The summed E-state index contributed by atoms with van der Waals surface area (Å²) in [7, 11) is 1.47. The fraction of sp³-hybridized carbons (Fsp3) is 0.0526. The number of hydrogen-bond donors (Lipinski definition) is 1. The Morgan fingerprint density at radius 1 is 1.31 bits per heavy atom. The lowest BCUT2D eigenvalue weighted by Gasteiger charge is -2.07. The molecular weight excluding hydrogens is 437 g/mol. The Balaban J connectivity index is 1.74. The van der Waals surface area contributed by atoms with Crippen LogP contribution in [0.5, 0.6) is 5.75 Å². The average Bonchev–Trinajstić information content (AvgIpc) is 3.14. The highest BCUT2D eigenvalue weighted by Crippen LogP contribution is 2.33. The van der Waals surface area contributed by atoms with E-state index in [9.17, 15) is 14.9 Å². The van der Waals surface area contributed by atoms with Crippen molar-refractivity contribution in [3.63, 3.8) is 0 Å². The minimum Gasteiger partial charge on any atom is -0.495 e. The van der Waals surface area contributed by atoms with Gasteiger partial charge in [-0.25, -0.2) is 4.98 Å². The van der Waals surface area contributed by atoms with Crippen LogP contribution in [0, 0.1) is 10.1 Å². The minimum atomic E-state index is -0.473. The Hall–Kier alpha value is -2.94. The van der Waals surface area contributed by atoms with E-state index in [1.807, 2.05) is 0 Å². The van der Waals surface area contributed by atoms with Gasteiger partial charge in [0.2, 0.25) is 5.91 Å². The number of nitrogens with one attached hydrogen (secondary N) is 1. The first-order valence-corrected chi connectivity index (χ1v) is 9.73. The zero-order chi connectivity index (χ0) is 21.0. The smallest absolute Gasteiger partial charge is 0.270 e. The lowest BCUT2D eigenvalue weighted by atomic mass is 10.1. The average molecular weight is 450 g/mol. The lowest BCUT2D eigenvalue weighted by Crippen LogP contribution is -2.07. The molecule has 29 heavy (non-hydrogen) atoms. The van der Waals surface area contributed by atoms with Crippen LogP contribution in [0.2, 0.25) is 10.0 Å². The molecule has 7 nitrogen and oxygen atoms in total. The molecule has 1 amide bonds. The molecule has 0 aliphatic carbocycles. The molecule has 3 aromatic rings. The molecule has 0 bridgehead atoms. The molecule has 0 unspecified atom stereocenters. The maximum atomic E-state index is 12.2. The van der Waals surface area contributed by atoms with Crippen molar-refractivity contribution < 1.29 is 14.5 Å². The number of nitro benzene ring substituents is 1. The summed E-state index contributed by atoms with van der Waals surface area (Å²) in [5, 5.41) is 16.4. The van der Waals surface area contributed by atoms with E-state index in [0.717, 1.165) is 0 Å². The Kier molecular flexibility index (Phi) is 6.48. The van der Waals surface area contributed by atoms with Crippen LogP contribution in [0.3, 0.4) is 0 Å². The van der Waals surface area contributed by atoms with Gasteiger partial charge in [0.1, 0.15) is 5.75 Å². The summed E-state index contributed by atoms with van der Waals surface area (Å²) in [4.78, 5) is 27.0. The largest absolute Gasteiger partial charge is 0.495 e. The van der Waals surface area contributed by atoms with E-state index in [-0.39, 0.29) is 5.69 Å². The molecule has 1 aromatic heterocycles. The quantitative estimate of drug-likeness (QED) is 0.296. The van der Waals surface area contributed by atoms with Crippen molar-refractivity contribution in [1.29, 1.82) is 0 Å². The summed E-state index contributed by atoms with van der Waals surface area (Å²) in [6.07, 6.45) is 2.83. The normalized spacial score (nSPS) is 10.9. The second kappa shape index (κ2) is 9.04. The predicted octanol–water partition coefficient (Wildman–Crippen LogP) is 5.69. The molecule has 0 aliphatic heterocycles. The number of thiazole rings is 1. The molecule has 0 spiro atoms. The van der Waals surface area contributed by atoms with Gasteiger partial charge in [0.05, 0.1) is 22.7 Å². The molecule has 1 N–H and O–H groups in total. The zero-order valence-corrected chi connectivity index (χ0v) is 17.2. The molecular formula is C19H13Cl2N3O4S. The summed E-state index contributed by atoms with van der Waals surface area (Å²) >= 11 is 13.3. The standard InChI is InChI=1S/C19H13Cl2N3O4S/c1-28-18-12(7-13(20)9-15(18)21)5-6-17(25)23-19-22-16(10-29-19)11-3-2-4-14(8-11)24(26)27/h2-10H,1H3,(H,22,23,25)/b6-5+.